The van der Waals surface area contributed by atoms with Gasteiger partial charge in [-0.2, -0.15) is 5.26 Å². The van der Waals surface area contributed by atoms with Crippen molar-refractivity contribution in [3.63, 3.8) is 0 Å². The lowest BCUT2D eigenvalue weighted by molar-refractivity contribution is 0.0722. The quantitative estimate of drug-likeness (QED) is 0.629. The number of pyridine rings is 1. The number of benzene rings is 1. The molecule has 0 N–H and O–H groups in total. The van der Waals surface area contributed by atoms with Crippen molar-refractivity contribution in [3.05, 3.63) is 53.9 Å². The summed E-state index contributed by atoms with van der Waals surface area (Å²) < 4.78 is 10.6. The van der Waals surface area contributed by atoms with Gasteiger partial charge in [0.15, 0.2) is 11.5 Å². The van der Waals surface area contributed by atoms with Gasteiger partial charge in [-0.25, -0.2) is 9.78 Å². The highest BCUT2D eigenvalue weighted by molar-refractivity contribution is 5.89. The molecule has 0 aliphatic carbocycles. The van der Waals surface area contributed by atoms with Crippen LogP contribution in [0.1, 0.15) is 23.0 Å². The number of ether oxygens (including phenoxy) is 2. The zero-order valence-electron chi connectivity index (χ0n) is 10.9. The summed E-state index contributed by atoms with van der Waals surface area (Å²) in [4.78, 5) is 15.8. The minimum Gasteiger partial charge on any atom is -0.490 e. The van der Waals surface area contributed by atoms with E-state index in [9.17, 15) is 4.79 Å². The van der Waals surface area contributed by atoms with Crippen LogP contribution in [-0.2, 0) is 0 Å². The monoisotopic (exact) mass is 268 g/mol. The molecular formula is C15H12N2O3. The maximum absolute atomic E-state index is 11.9. The van der Waals surface area contributed by atoms with E-state index in [1.807, 2.05) is 13.0 Å². The van der Waals surface area contributed by atoms with E-state index in [1.54, 1.807) is 24.3 Å². The molecule has 100 valence electrons. The summed E-state index contributed by atoms with van der Waals surface area (Å²) in [6, 6.07) is 11.6. The van der Waals surface area contributed by atoms with Crippen LogP contribution in [0, 0.1) is 11.3 Å². The Morgan fingerprint density at radius 1 is 1.30 bits per heavy atom. The van der Waals surface area contributed by atoms with Crippen LogP contribution in [-0.4, -0.2) is 17.6 Å². The normalized spacial score (nSPS) is 9.60. The van der Waals surface area contributed by atoms with Crippen LogP contribution in [0.3, 0.4) is 0 Å². The fourth-order valence-corrected chi connectivity index (χ4v) is 1.57. The first-order valence-corrected chi connectivity index (χ1v) is 6.04. The van der Waals surface area contributed by atoms with Gasteiger partial charge in [-0.1, -0.05) is 6.07 Å². The van der Waals surface area contributed by atoms with E-state index in [1.165, 1.54) is 18.3 Å². The van der Waals surface area contributed by atoms with Crippen molar-refractivity contribution in [1.82, 2.24) is 4.98 Å². The Labute approximate surface area is 116 Å². The number of hydrogen-bond donors (Lipinski definition) is 0. The number of nitrogens with zero attached hydrogens (tertiary/aromatic N) is 2. The summed E-state index contributed by atoms with van der Waals surface area (Å²) in [6.45, 7) is 2.21. The molecule has 0 bridgehead atoms. The van der Waals surface area contributed by atoms with E-state index in [2.05, 4.69) is 4.98 Å². The molecule has 0 aliphatic heterocycles. The van der Waals surface area contributed by atoms with Gasteiger partial charge in [0, 0.05) is 12.3 Å². The number of hydrogen-bond acceptors (Lipinski definition) is 5. The van der Waals surface area contributed by atoms with E-state index in [-0.39, 0.29) is 11.4 Å². The van der Waals surface area contributed by atoms with Gasteiger partial charge in [0.25, 0.3) is 0 Å². The van der Waals surface area contributed by atoms with Crippen molar-refractivity contribution in [2.75, 3.05) is 6.61 Å². The summed E-state index contributed by atoms with van der Waals surface area (Å²) in [5.74, 6) is 0.0496. The van der Waals surface area contributed by atoms with Gasteiger partial charge in [0.2, 0.25) is 0 Å². The molecule has 0 saturated carbocycles. The topological polar surface area (TPSA) is 72.2 Å². The van der Waals surface area contributed by atoms with Crippen molar-refractivity contribution in [3.8, 4) is 17.6 Å². The number of carbonyl (C=O) groups excluding carboxylic acids is 1. The van der Waals surface area contributed by atoms with E-state index < -0.39 is 5.97 Å². The predicted molar refractivity (Wildman–Crippen MR) is 71.5 cm³/mol. The third-order valence-corrected chi connectivity index (χ3v) is 2.45. The maximum Gasteiger partial charge on any atom is 0.362 e. The average Bonchev–Trinajstić information content (AvgIpc) is 2.50. The molecular weight excluding hydrogens is 256 g/mol. The molecule has 0 aliphatic rings. The molecule has 0 spiro atoms. The van der Waals surface area contributed by atoms with Gasteiger partial charge in [-0.05, 0) is 31.2 Å². The summed E-state index contributed by atoms with van der Waals surface area (Å²) in [5, 5.41) is 8.86. The molecule has 0 radical (unpaired) electrons. The molecule has 0 saturated heterocycles. The van der Waals surface area contributed by atoms with Gasteiger partial charge in [0.05, 0.1) is 18.2 Å². The standard InChI is InChI=1S/C15H12N2O3/c1-2-19-14-9-11(10-16)6-7-13(14)20-15(18)12-5-3-4-8-17-12/h3-9H,2H2,1H3. The van der Waals surface area contributed by atoms with E-state index in [0.717, 1.165) is 0 Å². The second-order valence-electron chi connectivity index (χ2n) is 3.81. The lowest BCUT2D eigenvalue weighted by atomic mass is 10.2. The van der Waals surface area contributed by atoms with Crippen molar-refractivity contribution in [1.29, 1.82) is 5.26 Å². The molecule has 5 nitrogen and oxygen atoms in total. The van der Waals surface area contributed by atoms with Crippen LogP contribution in [0.4, 0.5) is 0 Å². The van der Waals surface area contributed by atoms with Gasteiger partial charge >= 0.3 is 5.97 Å². The van der Waals surface area contributed by atoms with Gasteiger partial charge in [0.1, 0.15) is 5.69 Å². The first-order chi connectivity index (χ1) is 9.74. The Kier molecular flexibility index (Phi) is 4.30. The van der Waals surface area contributed by atoms with Gasteiger partial charge in [-0.3, -0.25) is 0 Å². The number of aromatic nitrogens is 1. The first kappa shape index (κ1) is 13.6. The number of rotatable bonds is 4. The number of nitriles is 1. The van der Waals surface area contributed by atoms with E-state index in [4.69, 9.17) is 14.7 Å². The maximum atomic E-state index is 11.9. The minimum atomic E-state index is -0.573. The fourth-order valence-electron chi connectivity index (χ4n) is 1.57. The second kappa shape index (κ2) is 6.34. The molecule has 5 heteroatoms. The molecule has 1 aromatic heterocycles. The Morgan fingerprint density at radius 2 is 2.15 bits per heavy atom. The highest BCUT2D eigenvalue weighted by atomic mass is 16.6. The molecule has 0 atom stereocenters. The number of esters is 1. The smallest absolute Gasteiger partial charge is 0.362 e. The predicted octanol–water partition coefficient (Wildman–Crippen LogP) is 2.57. The molecule has 2 rings (SSSR count). The highest BCUT2D eigenvalue weighted by Crippen LogP contribution is 2.28. The summed E-state index contributed by atoms with van der Waals surface area (Å²) in [5.41, 5.74) is 0.644. The van der Waals surface area contributed by atoms with Crippen LogP contribution in [0.2, 0.25) is 0 Å². The zero-order valence-corrected chi connectivity index (χ0v) is 10.9. The van der Waals surface area contributed by atoms with Crippen LogP contribution in [0.25, 0.3) is 0 Å². The fraction of sp³-hybridized carbons (Fsp3) is 0.133. The molecule has 0 unspecified atom stereocenters. The first-order valence-electron chi connectivity index (χ1n) is 6.04. The third kappa shape index (κ3) is 3.12. The van der Waals surface area contributed by atoms with Crippen LogP contribution in [0.5, 0.6) is 11.5 Å². The Bertz CT molecular complexity index is 648. The summed E-state index contributed by atoms with van der Waals surface area (Å²) in [6.07, 6.45) is 1.51. The molecule has 0 fully saturated rings. The lowest BCUT2D eigenvalue weighted by Crippen LogP contribution is -2.11. The van der Waals surface area contributed by atoms with E-state index in [0.29, 0.717) is 17.9 Å². The van der Waals surface area contributed by atoms with E-state index >= 15 is 0 Å². The van der Waals surface area contributed by atoms with Gasteiger partial charge in [-0.15, -0.1) is 0 Å². The van der Waals surface area contributed by atoms with Gasteiger partial charge < -0.3 is 9.47 Å². The van der Waals surface area contributed by atoms with Crippen LogP contribution < -0.4 is 9.47 Å². The summed E-state index contributed by atoms with van der Waals surface area (Å²) >= 11 is 0. The van der Waals surface area contributed by atoms with Crippen molar-refractivity contribution in [2.24, 2.45) is 0 Å². The molecule has 1 aromatic carbocycles. The molecule has 0 amide bonds. The van der Waals surface area contributed by atoms with Crippen molar-refractivity contribution in [2.45, 2.75) is 6.92 Å². The zero-order chi connectivity index (χ0) is 14.4. The van der Waals surface area contributed by atoms with Crippen molar-refractivity contribution < 1.29 is 14.3 Å². The molecule has 2 aromatic rings. The Balaban J connectivity index is 2.25. The van der Waals surface area contributed by atoms with Crippen molar-refractivity contribution >= 4 is 5.97 Å². The SMILES string of the molecule is CCOc1cc(C#N)ccc1OC(=O)c1ccccn1. The average molecular weight is 268 g/mol. The lowest BCUT2D eigenvalue weighted by Gasteiger charge is -2.10. The Morgan fingerprint density at radius 3 is 2.80 bits per heavy atom. The van der Waals surface area contributed by atoms with Crippen LogP contribution in [0.15, 0.2) is 42.6 Å². The largest absolute Gasteiger partial charge is 0.490 e. The minimum absolute atomic E-state index is 0.208. The Hall–Kier alpha value is -2.87. The highest BCUT2D eigenvalue weighted by Gasteiger charge is 2.13. The van der Waals surface area contributed by atoms with Crippen LogP contribution >= 0.6 is 0 Å². The summed E-state index contributed by atoms with van der Waals surface area (Å²) in [7, 11) is 0. The molecule has 1 heterocycles. The third-order valence-electron chi connectivity index (χ3n) is 2.45. The molecule has 20 heavy (non-hydrogen) atoms. The second-order valence-corrected chi connectivity index (χ2v) is 3.81. The number of carbonyl (C=O) groups is 1.